The molecule has 0 unspecified atom stereocenters. The second-order valence-corrected chi connectivity index (χ2v) is 8.45. The number of likely N-dealkylation sites (tertiary alicyclic amines) is 2. The van der Waals surface area contributed by atoms with E-state index in [1.807, 2.05) is 0 Å². The van der Waals surface area contributed by atoms with Crippen molar-refractivity contribution in [1.82, 2.24) is 9.80 Å². The highest BCUT2D eigenvalue weighted by atomic mass is 16.1. The van der Waals surface area contributed by atoms with Gasteiger partial charge in [0.2, 0.25) is 0 Å². The first-order chi connectivity index (χ1) is 9.60. The molecule has 130 valence electrons. The third-order valence-electron chi connectivity index (χ3n) is 4.50. The van der Waals surface area contributed by atoms with Crippen LogP contribution < -0.4 is 0 Å². The normalized spacial score (nSPS) is 20.7. The smallest absolute Gasteiger partial charge is 0.146 e. The van der Waals surface area contributed by atoms with E-state index in [4.69, 9.17) is 0 Å². The maximum atomic E-state index is 11.1. The summed E-state index contributed by atoms with van der Waals surface area (Å²) >= 11 is 0. The van der Waals surface area contributed by atoms with E-state index >= 15 is 0 Å². The largest absolute Gasteiger partial charge is 0.298 e. The Hall–Kier alpha value is -0.280. The maximum Gasteiger partial charge on any atom is 0.146 e. The fourth-order valence-electron chi connectivity index (χ4n) is 2.98. The molecule has 0 amide bonds. The average molecular weight is 318 g/mol. The highest BCUT2D eigenvalue weighted by Crippen LogP contribution is 2.19. The lowest BCUT2D eigenvalue weighted by molar-refractivity contribution is -0.123. The first kappa shape index (κ1) is 25.0. The molecule has 2 aliphatic heterocycles. The number of ketones is 1. The number of carbonyl (C=O) groups is 1. The van der Waals surface area contributed by atoms with Crippen molar-refractivity contribution in [2.75, 3.05) is 26.2 Å². The minimum atomic E-state index is 0. The molecule has 0 saturated carbocycles. The fraction of sp³-hybridized carbons (Fsp3) is 0.944. The van der Waals surface area contributed by atoms with Crippen LogP contribution in [0, 0.1) is 0 Å². The van der Waals surface area contributed by atoms with Crippen LogP contribution in [0.3, 0.4) is 0 Å². The van der Waals surface area contributed by atoms with Gasteiger partial charge in [-0.05, 0) is 80.4 Å². The first-order valence-electron chi connectivity index (χ1n) is 8.62. The van der Waals surface area contributed by atoms with Gasteiger partial charge >= 0.3 is 0 Å². The van der Waals surface area contributed by atoms with Crippen molar-refractivity contribution in [1.29, 1.82) is 0 Å². The van der Waals surface area contributed by atoms with E-state index in [0.717, 1.165) is 19.4 Å². The van der Waals surface area contributed by atoms with Gasteiger partial charge in [-0.15, -0.1) is 0 Å². The summed E-state index contributed by atoms with van der Waals surface area (Å²) in [5.41, 5.74) is 0.566. The van der Waals surface area contributed by atoms with Gasteiger partial charge in [-0.2, -0.15) is 0 Å². The van der Waals surface area contributed by atoms with Crippen molar-refractivity contribution in [3.63, 3.8) is 0 Å². The van der Waals surface area contributed by atoms with E-state index in [1.165, 1.54) is 32.4 Å². The van der Waals surface area contributed by atoms with Crippen molar-refractivity contribution in [3.05, 3.63) is 0 Å². The third kappa shape index (κ3) is 9.56. The number of carbonyl (C=O) groups excluding carboxylic acids is 1. The molecule has 2 saturated heterocycles. The molecule has 3 nitrogen and oxygen atoms in total. The fourth-order valence-corrected chi connectivity index (χ4v) is 2.98. The van der Waals surface area contributed by atoms with Crippen LogP contribution in [-0.4, -0.2) is 69.7 Å². The third-order valence-corrected chi connectivity index (χ3v) is 4.50. The Morgan fingerprint density at radius 1 is 0.696 bits per heavy atom. The molecule has 0 atom stereocenters. The van der Waals surface area contributed by atoms with Crippen LogP contribution in [0.25, 0.3) is 0 Å². The molecular formula is C18H36B2N2O. The summed E-state index contributed by atoms with van der Waals surface area (Å²) in [6.45, 7) is 17.7. The molecule has 0 spiro atoms. The van der Waals surface area contributed by atoms with Crippen molar-refractivity contribution < 1.29 is 4.79 Å². The number of hydrogen-bond donors (Lipinski definition) is 0. The zero-order valence-corrected chi connectivity index (χ0v) is 16.3. The Morgan fingerprint density at radius 3 is 1.43 bits per heavy atom. The predicted molar refractivity (Wildman–Crippen MR) is 102 cm³/mol. The lowest BCUT2D eigenvalue weighted by atomic mass is 10.0. The molecule has 0 aromatic rings. The Labute approximate surface area is 148 Å². The predicted octanol–water partition coefficient (Wildman–Crippen LogP) is 2.96. The van der Waals surface area contributed by atoms with Crippen molar-refractivity contribution >= 4 is 22.6 Å². The molecule has 2 aliphatic rings. The lowest BCUT2D eigenvalue weighted by Gasteiger charge is -2.38. The molecule has 0 aromatic heterocycles. The van der Waals surface area contributed by atoms with Gasteiger partial charge in [0.15, 0.2) is 0 Å². The minimum Gasteiger partial charge on any atom is -0.298 e. The van der Waals surface area contributed by atoms with E-state index in [9.17, 15) is 4.79 Å². The number of rotatable bonds is 0. The second-order valence-electron chi connectivity index (χ2n) is 8.45. The van der Waals surface area contributed by atoms with Gasteiger partial charge in [0, 0.05) is 34.3 Å². The highest BCUT2D eigenvalue weighted by Gasteiger charge is 2.26. The number of Topliss-reactive ketones (excluding diaryl/α,β-unsaturated/α-hetero) is 1. The summed E-state index contributed by atoms with van der Waals surface area (Å²) < 4.78 is 0. The average Bonchev–Trinajstić information content (AvgIpc) is 2.38. The van der Waals surface area contributed by atoms with Crippen LogP contribution >= 0.6 is 0 Å². The van der Waals surface area contributed by atoms with Gasteiger partial charge in [-0.25, -0.2) is 0 Å². The summed E-state index contributed by atoms with van der Waals surface area (Å²) in [5.74, 6) is 0.395. The molecule has 2 fully saturated rings. The standard InChI is InChI=1S/C9H17NO.C9H19N.2B/c1-9(2,3)10-6-4-5-8(11)7-10;1-9(2,3)10-7-5-4-6-8-10;;/h4-7H2,1-3H3;4-8H2,1-3H3;;. The molecule has 0 aromatic carbocycles. The van der Waals surface area contributed by atoms with Crippen LogP contribution in [0.2, 0.25) is 0 Å². The van der Waals surface area contributed by atoms with Crippen LogP contribution in [0.15, 0.2) is 0 Å². The number of piperidine rings is 2. The van der Waals surface area contributed by atoms with Crippen LogP contribution in [0.5, 0.6) is 0 Å². The topological polar surface area (TPSA) is 23.6 Å². The Balaban J connectivity index is 0. The summed E-state index contributed by atoms with van der Waals surface area (Å²) in [7, 11) is 0. The Morgan fingerprint density at radius 2 is 1.13 bits per heavy atom. The van der Waals surface area contributed by atoms with E-state index in [1.54, 1.807) is 0 Å². The minimum absolute atomic E-state index is 0. The van der Waals surface area contributed by atoms with Crippen LogP contribution in [0.4, 0.5) is 0 Å². The van der Waals surface area contributed by atoms with Gasteiger partial charge in [0.05, 0.1) is 6.54 Å². The molecular weight excluding hydrogens is 282 g/mol. The number of nitrogens with zero attached hydrogens (tertiary/aromatic N) is 2. The van der Waals surface area contributed by atoms with E-state index in [2.05, 4.69) is 51.3 Å². The first-order valence-corrected chi connectivity index (χ1v) is 8.62. The molecule has 0 bridgehead atoms. The van der Waals surface area contributed by atoms with E-state index in [-0.39, 0.29) is 22.4 Å². The van der Waals surface area contributed by atoms with Gasteiger partial charge in [-0.3, -0.25) is 14.6 Å². The van der Waals surface area contributed by atoms with Crippen molar-refractivity contribution in [2.45, 2.75) is 84.7 Å². The number of hydrogen-bond acceptors (Lipinski definition) is 3. The van der Waals surface area contributed by atoms with E-state index in [0.29, 0.717) is 17.9 Å². The molecule has 0 N–H and O–H groups in total. The van der Waals surface area contributed by atoms with Crippen molar-refractivity contribution in [3.8, 4) is 0 Å². The summed E-state index contributed by atoms with van der Waals surface area (Å²) in [6, 6.07) is 0. The van der Waals surface area contributed by atoms with Gasteiger partial charge < -0.3 is 0 Å². The summed E-state index contributed by atoms with van der Waals surface area (Å²) in [6.07, 6.45) is 6.06. The molecule has 6 radical (unpaired) electrons. The van der Waals surface area contributed by atoms with Crippen LogP contribution in [-0.2, 0) is 4.79 Å². The van der Waals surface area contributed by atoms with Gasteiger partial charge in [0.1, 0.15) is 5.78 Å². The zero-order chi connectivity index (χ0) is 16.1. The summed E-state index contributed by atoms with van der Waals surface area (Å²) in [5, 5.41) is 0. The SMILES string of the molecule is CC(C)(C)N1CCCC(=O)C1.CC(C)(C)N1CCCCC1.[B].[B]. The quantitative estimate of drug-likeness (QED) is 0.642. The maximum absolute atomic E-state index is 11.1. The zero-order valence-electron chi connectivity index (χ0n) is 16.3. The summed E-state index contributed by atoms with van der Waals surface area (Å²) in [4.78, 5) is 15.9. The van der Waals surface area contributed by atoms with Crippen LogP contribution in [0.1, 0.15) is 73.6 Å². The molecule has 5 heteroatoms. The monoisotopic (exact) mass is 318 g/mol. The Kier molecular flexibility index (Phi) is 11.5. The van der Waals surface area contributed by atoms with Gasteiger partial charge in [0.25, 0.3) is 0 Å². The molecule has 2 rings (SSSR count). The molecule has 0 aliphatic carbocycles. The lowest BCUT2D eigenvalue weighted by Crippen LogP contribution is -2.47. The van der Waals surface area contributed by atoms with E-state index < -0.39 is 0 Å². The van der Waals surface area contributed by atoms with Gasteiger partial charge in [-0.1, -0.05) is 6.42 Å². The molecule has 2 heterocycles. The van der Waals surface area contributed by atoms with Crippen molar-refractivity contribution in [2.24, 2.45) is 0 Å². The highest BCUT2D eigenvalue weighted by molar-refractivity contribution is 5.81. The Bertz CT molecular complexity index is 329. The molecule has 23 heavy (non-hydrogen) atoms. The second kappa shape index (κ2) is 10.6.